The van der Waals surface area contributed by atoms with E-state index in [9.17, 15) is 40.6 Å². The first-order chi connectivity index (χ1) is 32.1. The molecule has 15 nitrogen and oxygen atoms in total. The molecule has 0 bridgehead atoms. The number of halogens is 4. The van der Waals surface area contributed by atoms with Crippen LogP contribution in [-0.4, -0.2) is 107 Å². The third kappa shape index (κ3) is 11.8. The van der Waals surface area contributed by atoms with Gasteiger partial charge in [0.1, 0.15) is 16.3 Å². The van der Waals surface area contributed by atoms with Crippen molar-refractivity contribution in [1.82, 2.24) is 9.47 Å². The van der Waals surface area contributed by atoms with E-state index in [1.54, 1.807) is 24.3 Å². The maximum absolute atomic E-state index is 13.9. The van der Waals surface area contributed by atoms with Crippen LogP contribution in [0.2, 0.25) is 5.02 Å². The van der Waals surface area contributed by atoms with Gasteiger partial charge in [0.2, 0.25) is 0 Å². The molecule has 1 atom stereocenters. The lowest BCUT2D eigenvalue weighted by molar-refractivity contribution is -0.0436. The Bertz CT molecular complexity index is 2740. The summed E-state index contributed by atoms with van der Waals surface area (Å²) in [4.78, 5) is 36.1. The van der Waals surface area contributed by atoms with E-state index in [2.05, 4.69) is 24.4 Å². The molecule has 3 heterocycles. The maximum Gasteiger partial charge on any atom is 0.501 e. The summed E-state index contributed by atoms with van der Waals surface area (Å²) in [5, 5.41) is 13.9. The number of phosphoric acid groups is 1. The number of carboxylic acid groups (broad SMARTS) is 1. The quantitative estimate of drug-likeness (QED) is 0.0335. The van der Waals surface area contributed by atoms with Crippen LogP contribution in [0.25, 0.3) is 22.4 Å². The molecule has 0 aliphatic carbocycles. The average Bonchev–Trinajstić information content (AvgIpc) is 3.61. The third-order valence-electron chi connectivity index (χ3n) is 12.1. The lowest BCUT2D eigenvalue weighted by Crippen LogP contribution is -2.46. The van der Waals surface area contributed by atoms with Crippen LogP contribution in [0.3, 0.4) is 0 Å². The number of anilines is 4. The van der Waals surface area contributed by atoms with Gasteiger partial charge in [0.05, 0.1) is 28.7 Å². The van der Waals surface area contributed by atoms with Crippen LogP contribution in [0.1, 0.15) is 55.2 Å². The summed E-state index contributed by atoms with van der Waals surface area (Å²) in [5.74, 6) is -1.01. The number of nitrogens with one attached hydrogen (secondary N) is 2. The van der Waals surface area contributed by atoms with Crippen molar-refractivity contribution >= 4 is 69.3 Å². The van der Waals surface area contributed by atoms with Crippen LogP contribution < -0.4 is 19.8 Å². The highest BCUT2D eigenvalue weighted by Crippen LogP contribution is 2.43. The minimum absolute atomic E-state index is 0.0203. The maximum atomic E-state index is 13.9. The van der Waals surface area contributed by atoms with Crippen molar-refractivity contribution in [3.8, 4) is 22.4 Å². The molecule has 366 valence electrons. The van der Waals surface area contributed by atoms with E-state index in [1.165, 1.54) is 6.07 Å². The Morgan fingerprint density at radius 1 is 0.912 bits per heavy atom. The number of alkyl halides is 3. The smallest absolute Gasteiger partial charge is 0.501 e. The molecule has 5 aromatic rings. The highest BCUT2D eigenvalue weighted by Gasteiger charge is 2.48. The van der Waals surface area contributed by atoms with Crippen molar-refractivity contribution in [2.24, 2.45) is 0 Å². The molecule has 2 fully saturated rings. The number of rotatable bonds is 17. The fraction of sp³-hybridized carbons (Fsp3) is 0.370. The van der Waals surface area contributed by atoms with Gasteiger partial charge in [-0.05, 0) is 118 Å². The number of piperidine rings is 1. The molecule has 2 aliphatic heterocycles. The van der Waals surface area contributed by atoms with Crippen LogP contribution in [-0.2, 0) is 30.3 Å². The Kier molecular flexibility index (Phi) is 15.8. The highest BCUT2D eigenvalue weighted by atomic mass is 35.5. The summed E-state index contributed by atoms with van der Waals surface area (Å²) in [7, 11) is -10.4. The molecule has 68 heavy (non-hydrogen) atoms. The number of benzene rings is 4. The Labute approximate surface area is 401 Å². The van der Waals surface area contributed by atoms with Gasteiger partial charge in [-0.2, -0.15) is 13.2 Å². The van der Waals surface area contributed by atoms with E-state index in [4.69, 9.17) is 25.9 Å². The molecule has 1 unspecified atom stereocenters. The molecule has 0 amide bonds. The summed E-state index contributed by atoms with van der Waals surface area (Å²) in [6.45, 7) is 10.1. The number of hydrogen-bond acceptors (Lipinski definition) is 11. The van der Waals surface area contributed by atoms with Crippen molar-refractivity contribution in [2.45, 2.75) is 67.5 Å². The van der Waals surface area contributed by atoms with Gasteiger partial charge in [0, 0.05) is 85.6 Å². The topological polar surface area (TPSA) is 200 Å². The lowest BCUT2D eigenvalue weighted by atomic mass is 9.96. The zero-order valence-electron chi connectivity index (χ0n) is 37.4. The first-order valence-corrected chi connectivity index (χ1v) is 26.4. The number of phosphoric ester groups is 1. The summed E-state index contributed by atoms with van der Waals surface area (Å²) in [5.41, 5.74) is 0.273. The first kappa shape index (κ1) is 51.1. The van der Waals surface area contributed by atoms with Gasteiger partial charge in [-0.3, -0.25) is 4.52 Å². The van der Waals surface area contributed by atoms with Crippen LogP contribution in [0.5, 0.6) is 0 Å². The molecule has 7 rings (SSSR count). The zero-order chi connectivity index (χ0) is 49.1. The molecule has 22 heteroatoms. The van der Waals surface area contributed by atoms with Crippen LogP contribution >= 0.6 is 19.4 Å². The number of piperazine rings is 1. The minimum atomic E-state index is -5.84. The molecular formula is C46H53ClF3N6O9PS2. The second-order valence-electron chi connectivity index (χ2n) is 16.9. The normalized spacial score (nSPS) is 16.0. The molecule has 5 N–H and O–H groups in total. The van der Waals surface area contributed by atoms with Crippen LogP contribution in [0.4, 0.5) is 35.9 Å². The number of carbonyl (C=O) groups is 1. The van der Waals surface area contributed by atoms with Crippen molar-refractivity contribution in [3.63, 3.8) is 0 Å². The van der Waals surface area contributed by atoms with E-state index in [0.29, 0.717) is 87.0 Å². The zero-order valence-corrected chi connectivity index (χ0v) is 40.7. The fourth-order valence-electron chi connectivity index (χ4n) is 8.84. The van der Waals surface area contributed by atoms with Crippen LogP contribution in [0, 0.1) is 6.92 Å². The summed E-state index contributed by atoms with van der Waals surface area (Å²) >= 11 is 4.09. The third-order valence-corrected chi connectivity index (χ3v) is 15.5. The van der Waals surface area contributed by atoms with Gasteiger partial charge in [0.15, 0.2) is 4.90 Å². The molecule has 2 saturated heterocycles. The Morgan fingerprint density at radius 3 is 2.13 bits per heavy atom. The summed E-state index contributed by atoms with van der Waals surface area (Å²) in [6, 6.07) is 25.5. The Balaban J connectivity index is 0.985. The molecule has 0 radical (unpaired) electrons. The van der Waals surface area contributed by atoms with Gasteiger partial charge in [-0.25, -0.2) is 22.5 Å². The average molecular weight is 1020 g/mol. The summed E-state index contributed by atoms with van der Waals surface area (Å²) < 4.78 is 101. The van der Waals surface area contributed by atoms with Crippen molar-refractivity contribution in [3.05, 3.63) is 107 Å². The van der Waals surface area contributed by atoms with Crippen molar-refractivity contribution < 1.29 is 54.9 Å². The van der Waals surface area contributed by atoms with E-state index in [1.807, 2.05) is 74.2 Å². The second kappa shape index (κ2) is 21.1. The Hall–Kier alpha value is -4.76. The number of carboxylic acids is 1. The molecule has 4 aromatic carbocycles. The summed E-state index contributed by atoms with van der Waals surface area (Å²) in [6.07, 6.45) is 0.618. The van der Waals surface area contributed by atoms with Gasteiger partial charge >= 0.3 is 19.3 Å². The number of likely N-dealkylation sites (tertiary alicyclic amines) is 1. The molecular weight excluding hydrogens is 968 g/mol. The highest BCUT2D eigenvalue weighted by molar-refractivity contribution is 7.93. The van der Waals surface area contributed by atoms with Gasteiger partial charge in [-0.15, -0.1) is 0 Å². The van der Waals surface area contributed by atoms with E-state index >= 15 is 0 Å². The minimum Gasteiger partial charge on any atom is -0.588 e. The predicted octanol–water partition coefficient (Wildman–Crippen LogP) is 9.19. The fourth-order valence-corrected chi connectivity index (χ4v) is 11.5. The van der Waals surface area contributed by atoms with E-state index < -0.39 is 51.5 Å². The van der Waals surface area contributed by atoms with E-state index in [0.717, 1.165) is 40.3 Å². The van der Waals surface area contributed by atoms with Crippen LogP contribution in [0.15, 0.2) is 101 Å². The van der Waals surface area contributed by atoms with Gasteiger partial charge in [-0.1, -0.05) is 35.9 Å². The molecule has 0 saturated carbocycles. The number of aromatic carboxylic acids is 1. The van der Waals surface area contributed by atoms with Gasteiger partial charge in [0.25, 0.3) is 9.84 Å². The lowest BCUT2D eigenvalue weighted by Gasteiger charge is -2.37. The number of aromatic nitrogens is 1. The number of hydrogen-bond donors (Lipinski definition) is 5. The van der Waals surface area contributed by atoms with Gasteiger partial charge < -0.3 is 44.0 Å². The SMILES string of the molecule is Cc1c(C(=O)O)c(-c2cccc(N3CCN(c4ccc(N[S+]([O-])c5ccc(NCCCN6CCC(OP(=O)(O)O)CC6)c(S(=O)(=O)C(F)(F)F)c5)cc4)CC3)c2)c(-c2ccc(Cl)cc2)n1C(C)C. The van der Waals surface area contributed by atoms with E-state index in [-0.39, 0.29) is 28.7 Å². The molecule has 2 aliphatic rings. The largest absolute Gasteiger partial charge is 0.588 e. The van der Waals surface area contributed by atoms with Crippen molar-refractivity contribution in [2.75, 3.05) is 72.2 Å². The second-order valence-corrected chi connectivity index (χ2v) is 21.7. The Morgan fingerprint density at radius 2 is 1.54 bits per heavy atom. The monoisotopic (exact) mass is 1020 g/mol. The van der Waals surface area contributed by atoms with Crippen molar-refractivity contribution in [1.29, 1.82) is 0 Å². The number of nitrogens with zero attached hydrogens (tertiary/aromatic N) is 4. The molecule has 0 spiro atoms. The standard InChI is InChI=1S/C46H53ClF3N6O9PS2/c1-30(2)56-31(3)42(45(57)58)43(44(56)32-8-10-34(47)11-9-32)33-6-4-7-37(28-33)55-26-24-54(25-27-55)36-14-12-35(13-15-36)52-67(62)39-16-17-40(41(29-39)68(63,64)46(48,49)50)51-20-5-21-53-22-18-38(19-23-53)65-66(59,60)61/h4,6-17,28-30,38,51-52H,5,18-27H2,1-3H3,(H,57,58)(H2,59,60,61). The number of sulfone groups is 1. The molecule has 1 aromatic heterocycles. The first-order valence-electron chi connectivity index (χ1n) is 21.9. The predicted molar refractivity (Wildman–Crippen MR) is 259 cm³/mol.